The molecule has 4 nitrogen and oxygen atoms in total. The first kappa shape index (κ1) is 19.9. The van der Waals surface area contributed by atoms with Crippen molar-refractivity contribution in [3.8, 4) is 5.75 Å². The fourth-order valence-corrected chi connectivity index (χ4v) is 3.90. The van der Waals surface area contributed by atoms with Crippen LogP contribution in [0.15, 0.2) is 42.6 Å². The molecule has 2 aromatic carbocycles. The van der Waals surface area contributed by atoms with E-state index in [1.807, 2.05) is 36.5 Å². The lowest BCUT2D eigenvalue weighted by molar-refractivity contribution is -0.118. The normalized spacial score (nSPS) is 10.9. The third-order valence-electron chi connectivity index (χ3n) is 4.18. The topological polar surface area (TPSA) is 54.1 Å². The lowest BCUT2D eigenvalue weighted by atomic mass is 10.1. The van der Waals surface area contributed by atoms with Gasteiger partial charge in [-0.25, -0.2) is 0 Å². The lowest BCUT2D eigenvalue weighted by Crippen LogP contribution is -2.27. The third-order valence-corrected chi connectivity index (χ3v) is 5.92. The second-order valence-electron chi connectivity index (χ2n) is 6.07. The summed E-state index contributed by atoms with van der Waals surface area (Å²) in [4.78, 5) is 15.3. The van der Waals surface area contributed by atoms with Crippen LogP contribution in [0.5, 0.6) is 5.75 Å². The molecular formula is C20H20Cl2N2O2S. The number of amides is 1. The molecule has 142 valence electrons. The smallest absolute Gasteiger partial charge is 0.230 e. The molecule has 0 bridgehead atoms. The maximum Gasteiger partial charge on any atom is 0.230 e. The van der Waals surface area contributed by atoms with Gasteiger partial charge in [-0.2, -0.15) is 0 Å². The van der Waals surface area contributed by atoms with Crippen LogP contribution in [-0.4, -0.2) is 30.3 Å². The number of ether oxygens (including phenoxy) is 1. The van der Waals surface area contributed by atoms with Gasteiger partial charge in [0.25, 0.3) is 0 Å². The third kappa shape index (κ3) is 5.34. The maximum absolute atomic E-state index is 12.0. The molecule has 0 saturated heterocycles. The molecule has 0 spiro atoms. The summed E-state index contributed by atoms with van der Waals surface area (Å²) >= 11 is 13.5. The van der Waals surface area contributed by atoms with E-state index in [4.69, 9.17) is 27.9 Å². The average molecular weight is 423 g/mol. The Morgan fingerprint density at radius 1 is 1.19 bits per heavy atom. The van der Waals surface area contributed by atoms with Gasteiger partial charge in [0.1, 0.15) is 5.75 Å². The first-order valence-corrected chi connectivity index (χ1v) is 10.4. The molecule has 7 heteroatoms. The summed E-state index contributed by atoms with van der Waals surface area (Å²) in [6.07, 6.45) is 2.74. The number of rotatable bonds is 8. The van der Waals surface area contributed by atoms with Crippen molar-refractivity contribution in [3.05, 3.63) is 63.8 Å². The van der Waals surface area contributed by atoms with Gasteiger partial charge in [0.2, 0.25) is 5.91 Å². The minimum absolute atomic E-state index is 0.0254. The molecule has 1 heterocycles. The van der Waals surface area contributed by atoms with Crippen LogP contribution in [0.1, 0.15) is 11.1 Å². The van der Waals surface area contributed by atoms with Gasteiger partial charge in [-0.3, -0.25) is 4.79 Å². The molecular weight excluding hydrogens is 403 g/mol. The average Bonchev–Trinajstić information content (AvgIpc) is 3.07. The fraction of sp³-hybridized carbons (Fsp3) is 0.250. The minimum atomic E-state index is 0.0254. The Hall–Kier alpha value is -1.82. The molecule has 1 aromatic heterocycles. The molecule has 3 aromatic rings. The standard InChI is InChI=1S/C20H20Cl2N2O2S/c1-26-15-3-5-19-16(9-15)14(10-24-19)6-7-23-20(25)12-27-11-13-2-4-17(21)18(22)8-13/h2-5,8-10,24H,6-7,11-12H2,1H3,(H,23,25). The number of nitrogens with one attached hydrogen (secondary N) is 2. The molecule has 2 N–H and O–H groups in total. The minimum Gasteiger partial charge on any atom is -0.497 e. The van der Waals surface area contributed by atoms with E-state index in [0.29, 0.717) is 28.1 Å². The zero-order valence-corrected chi connectivity index (χ0v) is 17.2. The van der Waals surface area contributed by atoms with E-state index in [9.17, 15) is 4.79 Å². The van der Waals surface area contributed by atoms with Crippen LogP contribution in [0.3, 0.4) is 0 Å². The first-order valence-electron chi connectivity index (χ1n) is 8.49. The van der Waals surface area contributed by atoms with E-state index < -0.39 is 0 Å². The van der Waals surface area contributed by atoms with Crippen molar-refractivity contribution in [2.24, 2.45) is 0 Å². The van der Waals surface area contributed by atoms with Gasteiger partial charge in [-0.15, -0.1) is 11.8 Å². The summed E-state index contributed by atoms with van der Waals surface area (Å²) < 4.78 is 5.28. The van der Waals surface area contributed by atoms with Crippen LogP contribution in [0.2, 0.25) is 10.0 Å². The van der Waals surface area contributed by atoms with Crippen LogP contribution in [0.4, 0.5) is 0 Å². The van der Waals surface area contributed by atoms with E-state index in [1.54, 1.807) is 24.9 Å². The summed E-state index contributed by atoms with van der Waals surface area (Å²) in [6.45, 7) is 0.594. The maximum atomic E-state index is 12.0. The summed E-state index contributed by atoms with van der Waals surface area (Å²) in [6, 6.07) is 11.5. The Labute approximate surface area is 172 Å². The molecule has 0 fully saturated rings. The second kappa shape index (κ2) is 9.40. The molecule has 0 radical (unpaired) electrons. The van der Waals surface area contributed by atoms with Gasteiger partial charge in [0, 0.05) is 29.4 Å². The Morgan fingerprint density at radius 2 is 2.04 bits per heavy atom. The summed E-state index contributed by atoms with van der Waals surface area (Å²) in [5.74, 6) is 1.97. The van der Waals surface area contributed by atoms with Crippen LogP contribution in [0, 0.1) is 0 Å². The van der Waals surface area contributed by atoms with E-state index in [2.05, 4.69) is 10.3 Å². The van der Waals surface area contributed by atoms with Gasteiger partial charge in [0.15, 0.2) is 0 Å². The Morgan fingerprint density at radius 3 is 2.81 bits per heavy atom. The van der Waals surface area contributed by atoms with Crippen molar-refractivity contribution in [1.82, 2.24) is 10.3 Å². The molecule has 27 heavy (non-hydrogen) atoms. The van der Waals surface area contributed by atoms with Crippen LogP contribution in [0.25, 0.3) is 10.9 Å². The van der Waals surface area contributed by atoms with Crippen molar-refractivity contribution >= 4 is 51.8 Å². The van der Waals surface area contributed by atoms with Gasteiger partial charge >= 0.3 is 0 Å². The van der Waals surface area contributed by atoms with E-state index in [1.165, 1.54) is 0 Å². The number of halogens is 2. The molecule has 0 atom stereocenters. The number of aromatic amines is 1. The van der Waals surface area contributed by atoms with Crippen molar-refractivity contribution in [3.63, 3.8) is 0 Å². The van der Waals surface area contributed by atoms with E-state index >= 15 is 0 Å². The summed E-state index contributed by atoms with van der Waals surface area (Å²) in [5.41, 5.74) is 3.27. The number of carbonyl (C=O) groups is 1. The summed E-state index contributed by atoms with van der Waals surface area (Å²) in [5, 5.41) is 5.17. The van der Waals surface area contributed by atoms with E-state index in [0.717, 1.165) is 34.2 Å². The molecule has 0 aliphatic rings. The number of hydrogen-bond donors (Lipinski definition) is 2. The number of methoxy groups -OCH3 is 1. The second-order valence-corrected chi connectivity index (χ2v) is 7.87. The number of benzene rings is 2. The zero-order chi connectivity index (χ0) is 19.2. The monoisotopic (exact) mass is 422 g/mol. The highest BCUT2D eigenvalue weighted by molar-refractivity contribution is 7.99. The zero-order valence-electron chi connectivity index (χ0n) is 14.9. The van der Waals surface area contributed by atoms with E-state index in [-0.39, 0.29) is 5.91 Å². The quantitative estimate of drug-likeness (QED) is 0.532. The fourth-order valence-electron chi connectivity index (χ4n) is 2.77. The number of aromatic nitrogens is 1. The lowest BCUT2D eigenvalue weighted by Gasteiger charge is -2.06. The van der Waals surface area contributed by atoms with Crippen molar-refractivity contribution in [2.75, 3.05) is 19.4 Å². The van der Waals surface area contributed by atoms with Crippen LogP contribution < -0.4 is 10.1 Å². The van der Waals surface area contributed by atoms with Crippen molar-refractivity contribution in [2.45, 2.75) is 12.2 Å². The molecule has 1 amide bonds. The van der Waals surface area contributed by atoms with Gasteiger partial charge < -0.3 is 15.0 Å². The predicted octanol–water partition coefficient (Wildman–Crippen LogP) is 5.08. The largest absolute Gasteiger partial charge is 0.497 e. The molecule has 0 aliphatic carbocycles. The number of H-pyrrole nitrogens is 1. The predicted molar refractivity (Wildman–Crippen MR) is 114 cm³/mol. The van der Waals surface area contributed by atoms with Crippen molar-refractivity contribution in [1.29, 1.82) is 0 Å². The van der Waals surface area contributed by atoms with Gasteiger partial charge in [0.05, 0.1) is 22.9 Å². The SMILES string of the molecule is COc1ccc2[nH]cc(CCNC(=O)CSCc3ccc(Cl)c(Cl)c3)c2c1. The molecule has 0 aliphatic heterocycles. The number of carbonyl (C=O) groups excluding carboxylic acids is 1. The highest BCUT2D eigenvalue weighted by Crippen LogP contribution is 2.25. The number of fused-ring (bicyclic) bond motifs is 1. The van der Waals surface area contributed by atoms with Crippen LogP contribution in [-0.2, 0) is 17.0 Å². The number of hydrogen-bond acceptors (Lipinski definition) is 3. The van der Waals surface area contributed by atoms with Crippen molar-refractivity contribution < 1.29 is 9.53 Å². The Balaban J connectivity index is 1.43. The molecule has 3 rings (SSSR count). The van der Waals surface area contributed by atoms with Gasteiger partial charge in [-0.1, -0.05) is 29.3 Å². The Kier molecular flexibility index (Phi) is 6.94. The summed E-state index contributed by atoms with van der Waals surface area (Å²) in [7, 11) is 1.66. The highest BCUT2D eigenvalue weighted by Gasteiger charge is 2.07. The highest BCUT2D eigenvalue weighted by atomic mass is 35.5. The first-order chi connectivity index (χ1) is 13.1. The van der Waals surface area contributed by atoms with Crippen LogP contribution >= 0.6 is 35.0 Å². The number of thioether (sulfide) groups is 1. The molecule has 0 saturated carbocycles. The molecule has 0 unspecified atom stereocenters. The van der Waals surface area contributed by atoms with Gasteiger partial charge in [-0.05, 0) is 47.9 Å². The Bertz CT molecular complexity index is 943.